The Kier molecular flexibility index (Phi) is 4.35. The maximum Gasteiger partial charge on any atom is 0.127 e. The van der Waals surface area contributed by atoms with E-state index in [2.05, 4.69) is 21.4 Å². The average molecular weight is 247 g/mol. The van der Waals surface area contributed by atoms with E-state index in [1.807, 2.05) is 6.07 Å². The van der Waals surface area contributed by atoms with Gasteiger partial charge in [0.15, 0.2) is 0 Å². The predicted octanol–water partition coefficient (Wildman–Crippen LogP) is 1.98. The molecule has 0 saturated carbocycles. The molecule has 0 bridgehead atoms. The van der Waals surface area contributed by atoms with Gasteiger partial charge in [0.25, 0.3) is 0 Å². The molecule has 2 nitrogen and oxygen atoms in total. The Bertz CT molecular complexity index is 278. The van der Waals surface area contributed by atoms with Crippen LogP contribution < -0.4 is 11.3 Å². The van der Waals surface area contributed by atoms with E-state index in [4.69, 9.17) is 5.84 Å². The fourth-order valence-corrected chi connectivity index (χ4v) is 1.44. The molecular weight excluding hydrogens is 235 g/mol. The molecule has 1 aromatic carbocycles. The minimum atomic E-state index is -0.161. The van der Waals surface area contributed by atoms with Gasteiger partial charge in [-0.1, -0.05) is 22.0 Å². The molecular formula is C9H12BrFN2. The summed E-state index contributed by atoms with van der Waals surface area (Å²) < 4.78 is 14.0. The first kappa shape index (κ1) is 10.6. The monoisotopic (exact) mass is 246 g/mol. The normalized spacial score (nSPS) is 10.4. The summed E-state index contributed by atoms with van der Waals surface area (Å²) in [5.41, 5.74) is 3.27. The van der Waals surface area contributed by atoms with Gasteiger partial charge in [0.05, 0.1) is 0 Å². The van der Waals surface area contributed by atoms with Gasteiger partial charge in [0.2, 0.25) is 0 Å². The first-order chi connectivity index (χ1) is 6.24. The maximum atomic E-state index is 13.2. The highest BCUT2D eigenvalue weighted by molar-refractivity contribution is 9.10. The molecule has 0 aliphatic carbocycles. The Balaban J connectivity index is 2.56. The third-order valence-corrected chi connectivity index (χ3v) is 2.28. The number of hydrazine groups is 1. The van der Waals surface area contributed by atoms with Gasteiger partial charge in [-0.05, 0) is 30.5 Å². The molecule has 13 heavy (non-hydrogen) atoms. The molecule has 0 amide bonds. The van der Waals surface area contributed by atoms with Crippen LogP contribution in [0.4, 0.5) is 4.39 Å². The number of benzene rings is 1. The summed E-state index contributed by atoms with van der Waals surface area (Å²) in [6, 6.07) is 5.11. The Morgan fingerprint density at radius 1 is 1.46 bits per heavy atom. The lowest BCUT2D eigenvalue weighted by Crippen LogP contribution is -2.23. The fourth-order valence-electron chi connectivity index (χ4n) is 1.11. The van der Waals surface area contributed by atoms with Crippen molar-refractivity contribution in [3.63, 3.8) is 0 Å². The highest BCUT2D eigenvalue weighted by Crippen LogP contribution is 2.16. The highest BCUT2D eigenvalue weighted by Gasteiger charge is 2.01. The zero-order valence-electron chi connectivity index (χ0n) is 7.19. The van der Waals surface area contributed by atoms with Crippen molar-refractivity contribution in [3.8, 4) is 0 Å². The van der Waals surface area contributed by atoms with Gasteiger partial charge in [-0.15, -0.1) is 0 Å². The van der Waals surface area contributed by atoms with Crippen LogP contribution in [0.5, 0.6) is 0 Å². The Hall–Kier alpha value is -0.450. The van der Waals surface area contributed by atoms with Crippen molar-refractivity contribution in [2.24, 2.45) is 5.84 Å². The number of hydrogen-bond donors (Lipinski definition) is 2. The number of nitrogens with one attached hydrogen (secondary N) is 1. The molecule has 0 aliphatic rings. The zero-order valence-corrected chi connectivity index (χ0v) is 8.77. The summed E-state index contributed by atoms with van der Waals surface area (Å²) in [4.78, 5) is 0. The standard InChI is InChI=1S/C9H12BrFN2/c10-8-4-3-7(9(11)6-8)2-1-5-13-12/h3-4,6,13H,1-2,5,12H2. The maximum absolute atomic E-state index is 13.2. The Morgan fingerprint density at radius 2 is 2.23 bits per heavy atom. The number of aryl methyl sites for hydroxylation is 1. The van der Waals surface area contributed by atoms with E-state index in [9.17, 15) is 4.39 Å². The molecule has 1 aromatic rings. The second-order valence-electron chi connectivity index (χ2n) is 2.79. The molecule has 0 fully saturated rings. The molecule has 0 unspecified atom stereocenters. The molecule has 0 spiro atoms. The van der Waals surface area contributed by atoms with Crippen molar-refractivity contribution in [2.75, 3.05) is 6.54 Å². The minimum absolute atomic E-state index is 0.161. The Labute approximate surface area is 85.4 Å². The van der Waals surface area contributed by atoms with Crippen molar-refractivity contribution in [3.05, 3.63) is 34.1 Å². The third-order valence-electron chi connectivity index (χ3n) is 1.78. The van der Waals surface area contributed by atoms with E-state index < -0.39 is 0 Å². The van der Waals surface area contributed by atoms with Crippen molar-refractivity contribution in [1.29, 1.82) is 0 Å². The van der Waals surface area contributed by atoms with Gasteiger partial charge in [0.1, 0.15) is 5.82 Å². The van der Waals surface area contributed by atoms with Crippen LogP contribution >= 0.6 is 15.9 Å². The van der Waals surface area contributed by atoms with Crippen LogP contribution in [0, 0.1) is 5.82 Å². The van der Waals surface area contributed by atoms with Crippen LogP contribution in [0.3, 0.4) is 0 Å². The van der Waals surface area contributed by atoms with Crippen LogP contribution in [-0.2, 0) is 6.42 Å². The third kappa shape index (κ3) is 3.42. The van der Waals surface area contributed by atoms with Gasteiger partial charge in [-0.25, -0.2) is 4.39 Å². The molecule has 4 heteroatoms. The summed E-state index contributed by atoms with van der Waals surface area (Å²) in [6.45, 7) is 0.704. The van der Waals surface area contributed by atoms with E-state index in [1.165, 1.54) is 6.07 Å². The Morgan fingerprint density at radius 3 is 2.85 bits per heavy atom. The number of nitrogens with two attached hydrogens (primary N) is 1. The molecule has 72 valence electrons. The second kappa shape index (κ2) is 5.32. The number of rotatable bonds is 4. The van der Waals surface area contributed by atoms with Gasteiger partial charge in [-0.2, -0.15) is 0 Å². The van der Waals surface area contributed by atoms with E-state index in [0.717, 1.165) is 16.5 Å². The summed E-state index contributed by atoms with van der Waals surface area (Å²) in [5.74, 6) is 4.94. The minimum Gasteiger partial charge on any atom is -0.271 e. The zero-order chi connectivity index (χ0) is 9.68. The second-order valence-corrected chi connectivity index (χ2v) is 3.71. The SMILES string of the molecule is NNCCCc1ccc(Br)cc1F. The smallest absolute Gasteiger partial charge is 0.127 e. The predicted molar refractivity (Wildman–Crippen MR) is 54.6 cm³/mol. The molecule has 0 aliphatic heterocycles. The van der Waals surface area contributed by atoms with E-state index in [0.29, 0.717) is 13.0 Å². The van der Waals surface area contributed by atoms with E-state index in [1.54, 1.807) is 6.07 Å². The largest absolute Gasteiger partial charge is 0.271 e. The van der Waals surface area contributed by atoms with E-state index >= 15 is 0 Å². The van der Waals surface area contributed by atoms with Crippen LogP contribution in [0.15, 0.2) is 22.7 Å². The lowest BCUT2D eigenvalue weighted by atomic mass is 10.1. The molecule has 0 saturated heterocycles. The number of hydrogen-bond acceptors (Lipinski definition) is 2. The lowest BCUT2D eigenvalue weighted by Gasteiger charge is -2.02. The summed E-state index contributed by atoms with van der Waals surface area (Å²) in [7, 11) is 0. The first-order valence-electron chi connectivity index (χ1n) is 4.11. The molecule has 0 aromatic heterocycles. The lowest BCUT2D eigenvalue weighted by molar-refractivity contribution is 0.596. The van der Waals surface area contributed by atoms with Crippen molar-refractivity contribution in [2.45, 2.75) is 12.8 Å². The highest BCUT2D eigenvalue weighted by atomic mass is 79.9. The molecule has 0 atom stereocenters. The van der Waals surface area contributed by atoms with Crippen LogP contribution in [-0.4, -0.2) is 6.54 Å². The number of halogens is 2. The van der Waals surface area contributed by atoms with E-state index in [-0.39, 0.29) is 5.82 Å². The summed E-state index contributed by atoms with van der Waals surface area (Å²) in [5, 5.41) is 0. The summed E-state index contributed by atoms with van der Waals surface area (Å²) in [6.07, 6.45) is 1.55. The molecule has 3 N–H and O–H groups in total. The molecule has 0 heterocycles. The summed E-state index contributed by atoms with van der Waals surface area (Å²) >= 11 is 3.21. The fraction of sp³-hybridized carbons (Fsp3) is 0.333. The quantitative estimate of drug-likeness (QED) is 0.485. The topological polar surface area (TPSA) is 38.0 Å². The molecule has 1 rings (SSSR count). The van der Waals surface area contributed by atoms with Gasteiger partial charge >= 0.3 is 0 Å². The van der Waals surface area contributed by atoms with Crippen LogP contribution in [0.2, 0.25) is 0 Å². The van der Waals surface area contributed by atoms with Crippen molar-refractivity contribution in [1.82, 2.24) is 5.43 Å². The van der Waals surface area contributed by atoms with Gasteiger partial charge < -0.3 is 0 Å². The average Bonchev–Trinajstić information content (AvgIpc) is 2.09. The van der Waals surface area contributed by atoms with Gasteiger partial charge in [-0.3, -0.25) is 11.3 Å². The van der Waals surface area contributed by atoms with Gasteiger partial charge in [0, 0.05) is 11.0 Å². The first-order valence-corrected chi connectivity index (χ1v) is 4.90. The van der Waals surface area contributed by atoms with Crippen molar-refractivity contribution < 1.29 is 4.39 Å². The van der Waals surface area contributed by atoms with Crippen LogP contribution in [0.1, 0.15) is 12.0 Å². The molecule has 0 radical (unpaired) electrons. The van der Waals surface area contributed by atoms with Crippen LogP contribution in [0.25, 0.3) is 0 Å². The van der Waals surface area contributed by atoms with Crippen molar-refractivity contribution >= 4 is 15.9 Å².